The molecule has 2 aromatic heterocycles. The second kappa shape index (κ2) is 6.64. The monoisotopic (exact) mass is 364 g/mol. The number of allylic oxidation sites excluding steroid dienone is 2. The molecule has 3 atom stereocenters. The molecule has 1 saturated heterocycles. The number of carbonyl (C=O) groups excluding carboxylic acids is 1. The van der Waals surface area contributed by atoms with E-state index < -0.39 is 0 Å². The number of carbonyl (C=O) groups is 1. The van der Waals surface area contributed by atoms with E-state index in [9.17, 15) is 4.79 Å². The molecule has 2 aromatic rings. The number of aliphatic imine (C=N–C) groups is 1. The molecule has 2 aliphatic heterocycles. The van der Waals surface area contributed by atoms with Gasteiger partial charge in [0.05, 0.1) is 22.7 Å². The number of nitrogens with two attached hydrogens (primary N) is 1. The Balaban J connectivity index is 1.80. The molecular weight excluding hydrogens is 340 g/mol. The van der Waals surface area contributed by atoms with Crippen LogP contribution in [0.1, 0.15) is 25.8 Å². The Labute approximate surface area is 157 Å². The van der Waals surface area contributed by atoms with E-state index in [4.69, 9.17) is 11.1 Å². The molecule has 0 aromatic carbocycles. The van der Waals surface area contributed by atoms with Gasteiger partial charge < -0.3 is 15.6 Å². The fourth-order valence-corrected chi connectivity index (χ4v) is 3.79. The maximum absolute atomic E-state index is 11.6. The van der Waals surface area contributed by atoms with Crippen LogP contribution in [-0.4, -0.2) is 40.5 Å². The first kappa shape index (κ1) is 17.5. The van der Waals surface area contributed by atoms with Crippen molar-refractivity contribution in [2.75, 3.05) is 18.0 Å². The maximum Gasteiger partial charge on any atom is 0.222 e. The molecule has 0 spiro atoms. The quantitative estimate of drug-likeness (QED) is 0.778. The number of amidine groups is 1. The van der Waals surface area contributed by atoms with Crippen molar-refractivity contribution in [2.24, 2.45) is 28.5 Å². The SMILES string of the molecule is CC1C=CC(c2c[nH]c3nccc(N4CCC(C(N)=O)C4)c23)=NC(=N)C1C. The van der Waals surface area contributed by atoms with E-state index in [1.165, 1.54) is 0 Å². The summed E-state index contributed by atoms with van der Waals surface area (Å²) in [4.78, 5) is 26.0. The minimum absolute atomic E-state index is 0.0801. The molecule has 4 N–H and O–H groups in total. The van der Waals surface area contributed by atoms with Gasteiger partial charge in [0.25, 0.3) is 0 Å². The number of aromatic amines is 1. The van der Waals surface area contributed by atoms with Crippen LogP contribution in [0.2, 0.25) is 0 Å². The van der Waals surface area contributed by atoms with E-state index >= 15 is 0 Å². The van der Waals surface area contributed by atoms with Gasteiger partial charge in [-0.2, -0.15) is 0 Å². The number of amides is 1. The molecule has 140 valence electrons. The van der Waals surface area contributed by atoms with Crippen LogP contribution in [0, 0.1) is 23.2 Å². The first-order chi connectivity index (χ1) is 13.0. The fraction of sp³-hybridized carbons (Fsp3) is 0.400. The third-order valence-electron chi connectivity index (χ3n) is 5.78. The molecule has 7 nitrogen and oxygen atoms in total. The Bertz CT molecular complexity index is 972. The van der Waals surface area contributed by atoms with E-state index in [0.29, 0.717) is 12.4 Å². The molecule has 1 fully saturated rings. The molecule has 2 aliphatic rings. The minimum atomic E-state index is -0.246. The number of aromatic nitrogens is 2. The van der Waals surface area contributed by atoms with Crippen LogP contribution in [0.3, 0.4) is 0 Å². The lowest BCUT2D eigenvalue weighted by atomic mass is 9.95. The molecule has 1 amide bonds. The third-order valence-corrected chi connectivity index (χ3v) is 5.78. The number of hydrogen-bond donors (Lipinski definition) is 3. The van der Waals surface area contributed by atoms with Crippen molar-refractivity contribution in [3.05, 3.63) is 36.2 Å². The van der Waals surface area contributed by atoms with Gasteiger partial charge in [-0.05, 0) is 24.5 Å². The van der Waals surface area contributed by atoms with Gasteiger partial charge in [0, 0.05) is 37.0 Å². The number of hydrogen-bond acceptors (Lipinski definition) is 4. The predicted molar refractivity (Wildman–Crippen MR) is 107 cm³/mol. The van der Waals surface area contributed by atoms with Gasteiger partial charge in [0.15, 0.2) is 0 Å². The summed E-state index contributed by atoms with van der Waals surface area (Å²) in [6.07, 6.45) is 8.54. The van der Waals surface area contributed by atoms with Gasteiger partial charge in [-0.25, -0.2) is 9.98 Å². The number of pyridine rings is 1. The Morgan fingerprint density at radius 1 is 1.41 bits per heavy atom. The van der Waals surface area contributed by atoms with Crippen molar-refractivity contribution >= 4 is 34.2 Å². The van der Waals surface area contributed by atoms with Crippen LogP contribution in [0.4, 0.5) is 5.69 Å². The number of fused-ring (bicyclic) bond motifs is 1. The summed E-state index contributed by atoms with van der Waals surface area (Å²) in [5, 5.41) is 9.26. The molecule has 4 rings (SSSR count). The lowest BCUT2D eigenvalue weighted by Crippen LogP contribution is -2.27. The van der Waals surface area contributed by atoms with Crippen LogP contribution >= 0.6 is 0 Å². The highest BCUT2D eigenvalue weighted by Gasteiger charge is 2.29. The molecule has 0 saturated carbocycles. The van der Waals surface area contributed by atoms with Crippen LogP contribution in [0.15, 0.2) is 35.6 Å². The highest BCUT2D eigenvalue weighted by molar-refractivity contribution is 6.21. The van der Waals surface area contributed by atoms with Crippen molar-refractivity contribution in [2.45, 2.75) is 20.3 Å². The minimum Gasteiger partial charge on any atom is -0.370 e. The lowest BCUT2D eigenvalue weighted by Gasteiger charge is -2.20. The summed E-state index contributed by atoms with van der Waals surface area (Å²) < 4.78 is 0. The van der Waals surface area contributed by atoms with E-state index in [0.717, 1.165) is 41.0 Å². The van der Waals surface area contributed by atoms with E-state index in [2.05, 4.69) is 32.9 Å². The Kier molecular flexibility index (Phi) is 4.30. The first-order valence-corrected chi connectivity index (χ1v) is 9.31. The second-order valence-corrected chi connectivity index (χ2v) is 7.48. The van der Waals surface area contributed by atoms with Crippen molar-refractivity contribution in [1.82, 2.24) is 9.97 Å². The zero-order valence-electron chi connectivity index (χ0n) is 15.6. The van der Waals surface area contributed by atoms with Gasteiger partial charge in [-0.1, -0.05) is 19.9 Å². The van der Waals surface area contributed by atoms with Crippen molar-refractivity contribution in [3.8, 4) is 0 Å². The van der Waals surface area contributed by atoms with Crippen LogP contribution < -0.4 is 10.6 Å². The molecule has 4 heterocycles. The average Bonchev–Trinajstić information content (AvgIpc) is 3.28. The number of nitrogens with one attached hydrogen (secondary N) is 2. The molecular formula is C20H24N6O. The van der Waals surface area contributed by atoms with Gasteiger partial charge >= 0.3 is 0 Å². The van der Waals surface area contributed by atoms with Gasteiger partial charge in [-0.15, -0.1) is 0 Å². The smallest absolute Gasteiger partial charge is 0.222 e. The highest BCUT2D eigenvalue weighted by atomic mass is 16.1. The predicted octanol–water partition coefficient (Wildman–Crippen LogP) is 2.48. The Hall–Kier alpha value is -2.96. The Morgan fingerprint density at radius 2 is 2.22 bits per heavy atom. The average molecular weight is 364 g/mol. The van der Waals surface area contributed by atoms with Crippen LogP contribution in [0.5, 0.6) is 0 Å². The van der Waals surface area contributed by atoms with Crippen LogP contribution in [-0.2, 0) is 4.79 Å². The second-order valence-electron chi connectivity index (χ2n) is 7.48. The number of H-pyrrole nitrogens is 1. The fourth-order valence-electron chi connectivity index (χ4n) is 3.79. The maximum atomic E-state index is 11.6. The van der Waals surface area contributed by atoms with Gasteiger partial charge in [0.2, 0.25) is 5.91 Å². The van der Waals surface area contributed by atoms with Crippen molar-refractivity contribution < 1.29 is 4.79 Å². The normalized spacial score (nSPS) is 25.7. The first-order valence-electron chi connectivity index (χ1n) is 9.31. The topological polar surface area (TPSA) is 111 Å². The largest absolute Gasteiger partial charge is 0.370 e. The van der Waals surface area contributed by atoms with Crippen molar-refractivity contribution in [3.63, 3.8) is 0 Å². The zero-order chi connectivity index (χ0) is 19.1. The molecule has 0 bridgehead atoms. The van der Waals surface area contributed by atoms with E-state index in [-0.39, 0.29) is 23.7 Å². The summed E-state index contributed by atoms with van der Waals surface area (Å²) in [5.41, 5.74) is 8.99. The summed E-state index contributed by atoms with van der Waals surface area (Å²) in [6, 6.07) is 1.97. The summed E-state index contributed by atoms with van der Waals surface area (Å²) in [6.45, 7) is 5.53. The highest BCUT2D eigenvalue weighted by Crippen LogP contribution is 2.33. The van der Waals surface area contributed by atoms with Crippen molar-refractivity contribution in [1.29, 1.82) is 5.41 Å². The zero-order valence-corrected chi connectivity index (χ0v) is 15.6. The Morgan fingerprint density at radius 3 is 2.96 bits per heavy atom. The number of rotatable bonds is 3. The van der Waals surface area contributed by atoms with Gasteiger partial charge in [-0.3, -0.25) is 10.2 Å². The van der Waals surface area contributed by atoms with Crippen LogP contribution in [0.25, 0.3) is 11.0 Å². The molecule has 0 aliphatic carbocycles. The lowest BCUT2D eigenvalue weighted by molar-refractivity contribution is -0.121. The molecule has 3 unspecified atom stereocenters. The van der Waals surface area contributed by atoms with E-state index in [1.807, 2.05) is 25.3 Å². The van der Waals surface area contributed by atoms with E-state index in [1.54, 1.807) is 6.20 Å². The van der Waals surface area contributed by atoms with Gasteiger partial charge in [0.1, 0.15) is 11.5 Å². The summed E-state index contributed by atoms with van der Waals surface area (Å²) in [7, 11) is 0. The standard InChI is InChI=1S/C20H24N6O/c1-11-3-4-15(25-18(21)12(11)2)14-9-24-20-17(14)16(5-7-23-20)26-8-6-13(10-26)19(22)27/h3-5,7,9,11-13,21H,6,8,10H2,1-2H3,(H2,22,27)(H,23,24). The number of nitrogens with zero attached hydrogens (tertiary/aromatic N) is 3. The third kappa shape index (κ3) is 3.03. The molecule has 0 radical (unpaired) electrons. The molecule has 7 heteroatoms. The number of anilines is 1. The summed E-state index contributed by atoms with van der Waals surface area (Å²) >= 11 is 0. The summed E-state index contributed by atoms with van der Waals surface area (Å²) in [5.74, 6) is 0.357. The number of primary amides is 1. The molecule has 27 heavy (non-hydrogen) atoms.